The van der Waals surface area contributed by atoms with E-state index in [0.29, 0.717) is 12.8 Å². The Bertz CT molecular complexity index is 381. The zero-order valence-corrected chi connectivity index (χ0v) is 10.5. The van der Waals surface area contributed by atoms with E-state index in [2.05, 4.69) is 6.58 Å². The van der Waals surface area contributed by atoms with Crippen LogP contribution in [0.15, 0.2) is 43.0 Å². The molecule has 92 valence electrons. The van der Waals surface area contributed by atoms with Gasteiger partial charge in [-0.25, -0.2) is 0 Å². The second-order valence-electron chi connectivity index (χ2n) is 4.54. The summed E-state index contributed by atoms with van der Waals surface area (Å²) < 4.78 is 0. The van der Waals surface area contributed by atoms with Crippen molar-refractivity contribution in [3.05, 3.63) is 48.6 Å². The molecule has 0 spiro atoms. The predicted octanol–water partition coefficient (Wildman–Crippen LogP) is 2.76. The van der Waals surface area contributed by atoms with Crippen molar-refractivity contribution in [3.63, 3.8) is 0 Å². The van der Waals surface area contributed by atoms with Crippen molar-refractivity contribution >= 4 is 5.78 Å². The number of Topliss-reactive ketones (excluding diaryl/α,β-unsaturated/α-hetero) is 1. The first kappa shape index (κ1) is 13.7. The van der Waals surface area contributed by atoms with Gasteiger partial charge in [0.1, 0.15) is 5.78 Å². The molecule has 2 atom stereocenters. The Balaban J connectivity index is 3.05. The van der Waals surface area contributed by atoms with Gasteiger partial charge in [-0.15, -0.1) is 6.58 Å². The number of carbonyl (C=O) groups excluding carboxylic acids is 1. The van der Waals surface area contributed by atoms with Crippen molar-refractivity contribution in [3.8, 4) is 0 Å². The fourth-order valence-electron chi connectivity index (χ4n) is 2.17. The summed E-state index contributed by atoms with van der Waals surface area (Å²) in [7, 11) is 0. The van der Waals surface area contributed by atoms with Crippen LogP contribution in [0, 0.1) is 5.41 Å². The number of carbonyl (C=O) groups is 1. The van der Waals surface area contributed by atoms with Gasteiger partial charge in [0, 0.05) is 0 Å². The molecule has 0 unspecified atom stereocenters. The number of allylic oxidation sites excluding steroid dienone is 1. The van der Waals surface area contributed by atoms with Gasteiger partial charge in [-0.2, -0.15) is 0 Å². The standard InChI is InChI=1S/C15H20O2/c1-4-10-15(12(2)16,13(3)17)11-14-8-6-5-7-9-14/h4-9,12,16H,1,10-11H2,2-3H3/t12-,15+/m0/s1. The first-order chi connectivity index (χ1) is 8.03. The minimum absolute atomic E-state index is 0.0104. The SMILES string of the molecule is C=CC[C@](Cc1ccccc1)(C(C)=O)[C@H](C)O. The number of aliphatic hydroxyl groups excluding tert-OH is 1. The third-order valence-electron chi connectivity index (χ3n) is 3.37. The molecule has 0 saturated carbocycles. The summed E-state index contributed by atoms with van der Waals surface area (Å²) in [5, 5.41) is 9.96. The van der Waals surface area contributed by atoms with E-state index < -0.39 is 11.5 Å². The molecule has 0 radical (unpaired) electrons. The molecule has 0 heterocycles. The summed E-state index contributed by atoms with van der Waals surface area (Å²) in [6, 6.07) is 9.77. The average molecular weight is 232 g/mol. The average Bonchev–Trinajstić information content (AvgIpc) is 2.29. The summed E-state index contributed by atoms with van der Waals surface area (Å²) in [6.45, 7) is 6.90. The van der Waals surface area contributed by atoms with Crippen LogP contribution in [0.3, 0.4) is 0 Å². The summed E-state index contributed by atoms with van der Waals surface area (Å²) in [6.07, 6.45) is 2.07. The van der Waals surface area contributed by atoms with Gasteiger partial charge in [0.2, 0.25) is 0 Å². The minimum Gasteiger partial charge on any atom is -0.392 e. The van der Waals surface area contributed by atoms with E-state index in [1.807, 2.05) is 30.3 Å². The Morgan fingerprint density at radius 1 is 1.47 bits per heavy atom. The Labute approximate surface area is 103 Å². The maximum atomic E-state index is 11.9. The molecular formula is C15H20O2. The summed E-state index contributed by atoms with van der Waals surface area (Å²) in [5.74, 6) is 0.0104. The monoisotopic (exact) mass is 232 g/mol. The molecule has 1 N–H and O–H groups in total. The van der Waals surface area contributed by atoms with Gasteiger partial charge in [-0.3, -0.25) is 4.79 Å². The molecule has 0 bridgehead atoms. The van der Waals surface area contributed by atoms with Crippen LogP contribution in [0.1, 0.15) is 25.8 Å². The van der Waals surface area contributed by atoms with Gasteiger partial charge in [0.15, 0.2) is 0 Å². The van der Waals surface area contributed by atoms with Crippen molar-refractivity contribution in [1.29, 1.82) is 0 Å². The van der Waals surface area contributed by atoms with E-state index in [9.17, 15) is 9.90 Å². The van der Waals surface area contributed by atoms with Gasteiger partial charge < -0.3 is 5.11 Å². The fourth-order valence-corrected chi connectivity index (χ4v) is 2.17. The predicted molar refractivity (Wildman–Crippen MR) is 69.8 cm³/mol. The first-order valence-corrected chi connectivity index (χ1v) is 5.87. The first-order valence-electron chi connectivity index (χ1n) is 5.87. The number of rotatable bonds is 6. The quantitative estimate of drug-likeness (QED) is 0.766. The van der Waals surface area contributed by atoms with E-state index >= 15 is 0 Å². The maximum absolute atomic E-state index is 11.9. The lowest BCUT2D eigenvalue weighted by Crippen LogP contribution is -2.41. The van der Waals surface area contributed by atoms with Crippen LogP contribution < -0.4 is 0 Å². The van der Waals surface area contributed by atoms with Crippen molar-refractivity contribution in [1.82, 2.24) is 0 Å². The fraction of sp³-hybridized carbons (Fsp3) is 0.400. The van der Waals surface area contributed by atoms with Gasteiger partial charge >= 0.3 is 0 Å². The largest absolute Gasteiger partial charge is 0.392 e. The molecule has 0 saturated heterocycles. The van der Waals surface area contributed by atoms with Gasteiger partial charge in [-0.05, 0) is 32.3 Å². The molecule has 1 aromatic rings. The molecule has 17 heavy (non-hydrogen) atoms. The van der Waals surface area contributed by atoms with E-state index in [1.165, 1.54) is 0 Å². The normalized spacial score (nSPS) is 15.9. The zero-order chi connectivity index (χ0) is 12.9. The lowest BCUT2D eigenvalue weighted by molar-refractivity contribution is -0.132. The zero-order valence-electron chi connectivity index (χ0n) is 10.5. The lowest BCUT2D eigenvalue weighted by atomic mass is 9.72. The molecule has 2 nitrogen and oxygen atoms in total. The summed E-state index contributed by atoms with van der Waals surface area (Å²) >= 11 is 0. The van der Waals surface area contributed by atoms with Crippen molar-refractivity contribution < 1.29 is 9.90 Å². The van der Waals surface area contributed by atoms with E-state index in [-0.39, 0.29) is 5.78 Å². The van der Waals surface area contributed by atoms with Gasteiger partial charge in [0.25, 0.3) is 0 Å². The second kappa shape index (κ2) is 5.78. The molecule has 0 aliphatic rings. The van der Waals surface area contributed by atoms with E-state index in [0.717, 1.165) is 5.56 Å². The lowest BCUT2D eigenvalue weighted by Gasteiger charge is -2.33. The van der Waals surface area contributed by atoms with Crippen molar-refractivity contribution in [2.45, 2.75) is 32.8 Å². The van der Waals surface area contributed by atoms with Crippen LogP contribution in [0.2, 0.25) is 0 Å². The third kappa shape index (κ3) is 3.04. The molecule has 0 aromatic heterocycles. The van der Waals surface area contributed by atoms with Crippen LogP contribution in [0.25, 0.3) is 0 Å². The molecule has 0 fully saturated rings. The Morgan fingerprint density at radius 3 is 2.47 bits per heavy atom. The Hall–Kier alpha value is -1.41. The summed E-state index contributed by atoms with van der Waals surface area (Å²) in [5.41, 5.74) is 0.314. The molecule has 0 aliphatic heterocycles. The number of ketones is 1. The van der Waals surface area contributed by atoms with Crippen molar-refractivity contribution in [2.75, 3.05) is 0 Å². The number of hydrogen-bond acceptors (Lipinski definition) is 2. The molecular weight excluding hydrogens is 212 g/mol. The third-order valence-corrected chi connectivity index (χ3v) is 3.37. The van der Waals surface area contributed by atoms with Gasteiger partial charge in [-0.1, -0.05) is 36.4 Å². The van der Waals surface area contributed by atoms with Crippen LogP contribution in [-0.4, -0.2) is 17.0 Å². The van der Waals surface area contributed by atoms with Crippen LogP contribution >= 0.6 is 0 Å². The Kier molecular flexibility index (Phi) is 4.64. The van der Waals surface area contributed by atoms with Crippen LogP contribution in [-0.2, 0) is 11.2 Å². The van der Waals surface area contributed by atoms with Gasteiger partial charge in [0.05, 0.1) is 11.5 Å². The second-order valence-corrected chi connectivity index (χ2v) is 4.54. The smallest absolute Gasteiger partial charge is 0.139 e. The van der Waals surface area contributed by atoms with Crippen LogP contribution in [0.4, 0.5) is 0 Å². The molecule has 1 aromatic carbocycles. The topological polar surface area (TPSA) is 37.3 Å². The minimum atomic E-state index is -0.747. The van der Waals surface area contributed by atoms with E-state index in [4.69, 9.17) is 0 Å². The number of benzene rings is 1. The van der Waals surface area contributed by atoms with Crippen LogP contribution in [0.5, 0.6) is 0 Å². The maximum Gasteiger partial charge on any atom is 0.139 e. The molecule has 1 rings (SSSR count). The highest BCUT2D eigenvalue weighted by Gasteiger charge is 2.39. The van der Waals surface area contributed by atoms with E-state index in [1.54, 1.807) is 19.9 Å². The highest BCUT2D eigenvalue weighted by atomic mass is 16.3. The highest BCUT2D eigenvalue weighted by Crippen LogP contribution is 2.33. The molecule has 2 heteroatoms. The highest BCUT2D eigenvalue weighted by molar-refractivity contribution is 5.83. The summed E-state index contributed by atoms with van der Waals surface area (Å²) in [4.78, 5) is 11.9. The Morgan fingerprint density at radius 2 is 2.06 bits per heavy atom. The number of aliphatic hydroxyl groups is 1. The number of hydrogen-bond donors (Lipinski definition) is 1. The molecule has 0 aliphatic carbocycles. The molecule has 0 amide bonds. The van der Waals surface area contributed by atoms with Crippen molar-refractivity contribution in [2.24, 2.45) is 5.41 Å².